The quantitative estimate of drug-likeness (QED) is 0.878. The second kappa shape index (κ2) is 7.19. The van der Waals surface area contributed by atoms with E-state index < -0.39 is 27.8 Å². The van der Waals surface area contributed by atoms with E-state index in [1.54, 1.807) is 24.3 Å². The first-order valence-electron chi connectivity index (χ1n) is 7.00. The fraction of sp³-hybridized carbons (Fsp3) is 0.188. The third-order valence-electron chi connectivity index (χ3n) is 3.26. The van der Waals surface area contributed by atoms with Gasteiger partial charge in [0.15, 0.2) is 0 Å². The van der Waals surface area contributed by atoms with Crippen molar-refractivity contribution in [1.82, 2.24) is 0 Å². The third kappa shape index (κ3) is 4.46. The lowest BCUT2D eigenvalue weighted by Crippen LogP contribution is -2.45. The minimum absolute atomic E-state index is 0.202. The number of sulfonamides is 1. The van der Waals surface area contributed by atoms with Crippen LogP contribution in [0.5, 0.6) is 0 Å². The Balaban J connectivity index is 2.29. The highest BCUT2D eigenvalue weighted by atomic mass is 35.5. The maximum Gasteiger partial charge on any atom is 0.247 e. The lowest BCUT2D eigenvalue weighted by atomic mass is 10.2. The number of benzene rings is 2. The zero-order chi connectivity index (χ0) is 17.9. The lowest BCUT2D eigenvalue weighted by Gasteiger charge is -2.28. The highest BCUT2D eigenvalue weighted by Crippen LogP contribution is 2.22. The zero-order valence-corrected chi connectivity index (χ0v) is 14.6. The molecule has 0 aliphatic rings. The summed E-state index contributed by atoms with van der Waals surface area (Å²) in [6, 6.07) is 10.3. The molecular formula is C16H16ClFN2O3S. The van der Waals surface area contributed by atoms with Crippen LogP contribution in [0.25, 0.3) is 0 Å². The van der Waals surface area contributed by atoms with Crippen LogP contribution in [0, 0.1) is 5.82 Å². The van der Waals surface area contributed by atoms with Crippen molar-refractivity contribution in [2.45, 2.75) is 13.0 Å². The number of hydrogen-bond acceptors (Lipinski definition) is 3. The molecule has 0 spiro atoms. The second-order valence-corrected chi connectivity index (χ2v) is 7.51. The van der Waals surface area contributed by atoms with E-state index in [1.807, 2.05) is 0 Å². The molecule has 0 bridgehead atoms. The van der Waals surface area contributed by atoms with Gasteiger partial charge >= 0.3 is 0 Å². The molecule has 128 valence electrons. The number of carbonyl (C=O) groups is 1. The van der Waals surface area contributed by atoms with Gasteiger partial charge in [0.05, 0.1) is 11.9 Å². The van der Waals surface area contributed by atoms with E-state index in [0.29, 0.717) is 10.7 Å². The molecule has 2 rings (SSSR count). The minimum Gasteiger partial charge on any atom is -0.324 e. The molecule has 0 fully saturated rings. The van der Waals surface area contributed by atoms with Gasteiger partial charge in [-0.3, -0.25) is 9.10 Å². The fourth-order valence-corrected chi connectivity index (χ4v) is 3.57. The largest absolute Gasteiger partial charge is 0.324 e. The van der Waals surface area contributed by atoms with E-state index in [-0.39, 0.29) is 5.69 Å². The number of rotatable bonds is 5. The molecule has 1 amide bonds. The van der Waals surface area contributed by atoms with Gasteiger partial charge in [0.25, 0.3) is 0 Å². The average molecular weight is 371 g/mol. The molecule has 0 saturated heterocycles. The first-order chi connectivity index (χ1) is 11.2. The van der Waals surface area contributed by atoms with Gasteiger partial charge in [-0.1, -0.05) is 17.7 Å². The smallest absolute Gasteiger partial charge is 0.247 e. The Labute approximate surface area is 145 Å². The maximum atomic E-state index is 13.1. The Kier molecular flexibility index (Phi) is 5.46. The van der Waals surface area contributed by atoms with Gasteiger partial charge in [0.2, 0.25) is 15.9 Å². The molecule has 0 unspecified atom stereocenters. The second-order valence-electron chi connectivity index (χ2n) is 5.21. The van der Waals surface area contributed by atoms with Gasteiger partial charge in [-0.25, -0.2) is 12.8 Å². The Hall–Kier alpha value is -2.12. The standard InChI is InChI=1S/C16H16ClFN2O3S/c1-11(16(21)19-14-5-3-4-12(17)10-14)20(24(2,22)23)15-8-6-13(18)7-9-15/h3-11H,1-2H3,(H,19,21)/t11-/m0/s1. The van der Waals surface area contributed by atoms with Crippen LogP contribution in [-0.2, 0) is 14.8 Å². The summed E-state index contributed by atoms with van der Waals surface area (Å²) >= 11 is 5.86. The van der Waals surface area contributed by atoms with Crippen molar-refractivity contribution in [1.29, 1.82) is 0 Å². The molecule has 1 N–H and O–H groups in total. The van der Waals surface area contributed by atoms with Crippen molar-refractivity contribution in [2.24, 2.45) is 0 Å². The molecule has 0 aromatic heterocycles. The van der Waals surface area contributed by atoms with Crippen molar-refractivity contribution in [2.75, 3.05) is 15.9 Å². The molecule has 0 aliphatic heterocycles. The highest BCUT2D eigenvalue weighted by molar-refractivity contribution is 7.92. The van der Waals surface area contributed by atoms with E-state index in [4.69, 9.17) is 11.6 Å². The van der Waals surface area contributed by atoms with Crippen LogP contribution in [0.1, 0.15) is 6.92 Å². The number of anilines is 2. The van der Waals surface area contributed by atoms with Crippen LogP contribution in [0.15, 0.2) is 48.5 Å². The number of hydrogen-bond donors (Lipinski definition) is 1. The summed E-state index contributed by atoms with van der Waals surface area (Å²) in [6.07, 6.45) is 0.986. The summed E-state index contributed by atoms with van der Waals surface area (Å²) in [4.78, 5) is 12.4. The summed E-state index contributed by atoms with van der Waals surface area (Å²) in [5, 5.41) is 3.06. The van der Waals surface area contributed by atoms with Crippen LogP contribution in [0.2, 0.25) is 5.02 Å². The first-order valence-corrected chi connectivity index (χ1v) is 9.22. The van der Waals surface area contributed by atoms with Gasteiger partial charge in [-0.2, -0.15) is 0 Å². The summed E-state index contributed by atoms with van der Waals surface area (Å²) < 4.78 is 38.2. The molecule has 2 aromatic rings. The Morgan fingerprint density at radius 3 is 2.38 bits per heavy atom. The summed E-state index contributed by atoms with van der Waals surface area (Å²) in [7, 11) is -3.75. The highest BCUT2D eigenvalue weighted by Gasteiger charge is 2.29. The molecule has 8 heteroatoms. The molecule has 0 saturated carbocycles. The topological polar surface area (TPSA) is 66.5 Å². The Morgan fingerprint density at radius 1 is 1.21 bits per heavy atom. The Bertz CT molecular complexity index is 841. The van der Waals surface area contributed by atoms with Crippen LogP contribution < -0.4 is 9.62 Å². The number of halogens is 2. The summed E-state index contributed by atoms with van der Waals surface area (Å²) in [5.74, 6) is -1.03. The average Bonchev–Trinajstić information content (AvgIpc) is 2.48. The maximum absolute atomic E-state index is 13.1. The van der Waals surface area contributed by atoms with E-state index in [0.717, 1.165) is 22.7 Å². The Morgan fingerprint density at radius 2 is 1.83 bits per heavy atom. The fourth-order valence-electron chi connectivity index (χ4n) is 2.21. The van der Waals surface area contributed by atoms with Crippen molar-refractivity contribution in [3.8, 4) is 0 Å². The van der Waals surface area contributed by atoms with E-state index in [1.165, 1.54) is 19.1 Å². The number of amides is 1. The SMILES string of the molecule is C[C@@H](C(=O)Nc1cccc(Cl)c1)N(c1ccc(F)cc1)S(C)(=O)=O. The third-order valence-corrected chi connectivity index (χ3v) is 4.74. The van der Waals surface area contributed by atoms with E-state index >= 15 is 0 Å². The molecule has 0 aliphatic carbocycles. The number of carbonyl (C=O) groups excluding carboxylic acids is 1. The predicted octanol–water partition coefficient (Wildman–Crippen LogP) is 3.27. The first kappa shape index (κ1) is 18.2. The van der Waals surface area contributed by atoms with E-state index in [2.05, 4.69) is 5.32 Å². The van der Waals surface area contributed by atoms with Crippen molar-refractivity contribution in [3.63, 3.8) is 0 Å². The molecule has 1 atom stereocenters. The van der Waals surface area contributed by atoms with Gasteiger partial charge in [0.1, 0.15) is 11.9 Å². The van der Waals surface area contributed by atoms with Crippen LogP contribution >= 0.6 is 11.6 Å². The van der Waals surface area contributed by atoms with Gasteiger partial charge in [-0.15, -0.1) is 0 Å². The van der Waals surface area contributed by atoms with Crippen LogP contribution in [0.3, 0.4) is 0 Å². The molecular weight excluding hydrogens is 355 g/mol. The monoisotopic (exact) mass is 370 g/mol. The van der Waals surface area contributed by atoms with Crippen molar-refractivity contribution >= 4 is 38.9 Å². The van der Waals surface area contributed by atoms with Crippen LogP contribution in [0.4, 0.5) is 15.8 Å². The molecule has 24 heavy (non-hydrogen) atoms. The number of nitrogens with one attached hydrogen (secondary N) is 1. The lowest BCUT2D eigenvalue weighted by molar-refractivity contribution is -0.116. The van der Waals surface area contributed by atoms with Crippen LogP contribution in [-0.4, -0.2) is 26.6 Å². The molecule has 0 radical (unpaired) electrons. The van der Waals surface area contributed by atoms with Crippen molar-refractivity contribution in [3.05, 3.63) is 59.4 Å². The normalized spacial score (nSPS) is 12.5. The van der Waals surface area contributed by atoms with Crippen molar-refractivity contribution < 1.29 is 17.6 Å². The van der Waals surface area contributed by atoms with Gasteiger partial charge in [0, 0.05) is 10.7 Å². The van der Waals surface area contributed by atoms with E-state index in [9.17, 15) is 17.6 Å². The van der Waals surface area contributed by atoms with Gasteiger partial charge in [-0.05, 0) is 49.4 Å². The zero-order valence-electron chi connectivity index (χ0n) is 13.0. The summed E-state index contributed by atoms with van der Waals surface area (Å²) in [5.41, 5.74) is 0.652. The molecule has 0 heterocycles. The molecule has 5 nitrogen and oxygen atoms in total. The summed E-state index contributed by atoms with van der Waals surface area (Å²) in [6.45, 7) is 1.45. The number of nitrogens with zero attached hydrogens (tertiary/aromatic N) is 1. The minimum atomic E-state index is -3.75. The molecule has 2 aromatic carbocycles. The van der Waals surface area contributed by atoms with Gasteiger partial charge < -0.3 is 5.32 Å². The predicted molar refractivity (Wildman–Crippen MR) is 93.3 cm³/mol.